The number of phosphoric acid groups is 1. The van der Waals surface area contributed by atoms with Crippen LogP contribution < -0.4 is 0 Å². The van der Waals surface area contributed by atoms with Crippen LogP contribution in [0.4, 0.5) is 0 Å². The number of hydrogen-bond acceptors (Lipinski definition) is 9. The van der Waals surface area contributed by atoms with Crippen molar-refractivity contribution in [2.75, 3.05) is 26.4 Å². The minimum absolute atomic E-state index is 0.0494. The van der Waals surface area contributed by atoms with Gasteiger partial charge in [-0.2, -0.15) is 0 Å². The molecule has 1 amide bonds. The van der Waals surface area contributed by atoms with Crippen molar-refractivity contribution in [2.24, 2.45) is 11.8 Å². The molecule has 8 atom stereocenters. The van der Waals surface area contributed by atoms with E-state index in [-0.39, 0.29) is 24.5 Å². The third kappa shape index (κ3) is 8.52. The molecule has 2 saturated heterocycles. The van der Waals surface area contributed by atoms with Gasteiger partial charge in [0, 0.05) is 25.5 Å². The van der Waals surface area contributed by atoms with Gasteiger partial charge in [-0.05, 0) is 39.0 Å². The van der Waals surface area contributed by atoms with Crippen LogP contribution in [-0.2, 0) is 27.9 Å². The lowest BCUT2D eigenvalue weighted by atomic mass is 9.92. The van der Waals surface area contributed by atoms with E-state index >= 15 is 0 Å². The first-order chi connectivity index (χ1) is 15.4. The molecule has 0 spiro atoms. The Bertz CT molecular complexity index is 663. The van der Waals surface area contributed by atoms with Crippen molar-refractivity contribution in [3.8, 4) is 0 Å². The molecular weight excluding hydrogens is 457 g/mol. The van der Waals surface area contributed by atoms with Gasteiger partial charge in [-0.1, -0.05) is 13.8 Å². The average Bonchev–Trinajstić information content (AvgIpc) is 3.11. The fraction of sp³-hybridized carbons (Fsp3) is 0.952. The minimum Gasteiger partial charge on any atom is -0.394 e. The molecule has 12 heteroatoms. The summed E-state index contributed by atoms with van der Waals surface area (Å²) in [5.74, 6) is -0.244. The zero-order chi connectivity index (χ0) is 24.8. The zero-order valence-corrected chi connectivity index (χ0v) is 20.8. The summed E-state index contributed by atoms with van der Waals surface area (Å²) in [6.07, 6.45) is -2.19. The van der Waals surface area contributed by atoms with Crippen molar-refractivity contribution in [2.45, 2.75) is 90.1 Å². The lowest BCUT2D eigenvalue weighted by molar-refractivity contribution is -0.282. The van der Waals surface area contributed by atoms with Crippen molar-refractivity contribution in [1.82, 2.24) is 4.90 Å². The highest BCUT2D eigenvalue weighted by atomic mass is 31.2. The van der Waals surface area contributed by atoms with Crippen molar-refractivity contribution in [3.63, 3.8) is 0 Å². The molecule has 2 aliphatic heterocycles. The van der Waals surface area contributed by atoms with E-state index in [4.69, 9.17) is 18.5 Å². The Hall–Kier alpha value is -0.620. The van der Waals surface area contributed by atoms with E-state index in [1.54, 1.807) is 25.7 Å². The Morgan fingerprint density at radius 1 is 1.21 bits per heavy atom. The first kappa shape index (κ1) is 28.6. The van der Waals surface area contributed by atoms with Gasteiger partial charge in [0.2, 0.25) is 5.91 Å². The maximum Gasteiger partial charge on any atom is 0.472 e. The van der Waals surface area contributed by atoms with Crippen LogP contribution in [0.15, 0.2) is 0 Å². The van der Waals surface area contributed by atoms with E-state index in [0.717, 1.165) is 0 Å². The van der Waals surface area contributed by atoms with Gasteiger partial charge in [0.05, 0.1) is 31.5 Å². The molecule has 0 aromatic carbocycles. The third-order valence-electron chi connectivity index (χ3n) is 5.97. The van der Waals surface area contributed by atoms with Crippen LogP contribution in [0.2, 0.25) is 0 Å². The van der Waals surface area contributed by atoms with Crippen LogP contribution in [-0.4, -0.2) is 94.1 Å². The van der Waals surface area contributed by atoms with E-state index in [0.29, 0.717) is 38.8 Å². The molecule has 0 bridgehead atoms. The lowest BCUT2D eigenvalue weighted by Gasteiger charge is -2.40. The Morgan fingerprint density at radius 3 is 2.55 bits per heavy atom. The summed E-state index contributed by atoms with van der Waals surface area (Å²) < 4.78 is 33.2. The number of nitrogens with zero attached hydrogens (tertiary/aromatic N) is 1. The number of hydrogen-bond donors (Lipinski definition) is 4. The number of aliphatic hydroxyl groups excluding tert-OH is 3. The van der Waals surface area contributed by atoms with Crippen LogP contribution >= 0.6 is 7.82 Å². The van der Waals surface area contributed by atoms with Crippen molar-refractivity contribution >= 4 is 13.7 Å². The predicted molar refractivity (Wildman–Crippen MR) is 118 cm³/mol. The van der Waals surface area contributed by atoms with Crippen LogP contribution in [0.25, 0.3) is 0 Å². The largest absolute Gasteiger partial charge is 0.472 e. The number of carbonyl (C=O) groups is 1. The number of phosphoric ester groups is 1. The summed E-state index contributed by atoms with van der Waals surface area (Å²) >= 11 is 0. The van der Waals surface area contributed by atoms with E-state index < -0.39 is 51.1 Å². The van der Waals surface area contributed by atoms with Gasteiger partial charge in [0.15, 0.2) is 6.29 Å². The molecule has 2 aliphatic rings. The highest BCUT2D eigenvalue weighted by molar-refractivity contribution is 7.47. The SMILES string of the molecule is CC(C)OP(=O)(O)OC[C@@H]1C[C@@H](C)CN1C(=O)CCCCOC1OC(CO)C(O)C(O)C1C. The minimum atomic E-state index is -4.16. The average molecular weight is 498 g/mol. The predicted octanol–water partition coefficient (Wildman–Crippen LogP) is 1.03. The van der Waals surface area contributed by atoms with Crippen LogP contribution in [0, 0.1) is 11.8 Å². The second-order valence-electron chi connectivity index (χ2n) is 9.35. The molecule has 4 N–H and O–H groups in total. The van der Waals surface area contributed by atoms with Gasteiger partial charge in [0.1, 0.15) is 12.2 Å². The fourth-order valence-corrected chi connectivity index (χ4v) is 5.18. The Kier molecular flexibility index (Phi) is 11.2. The van der Waals surface area contributed by atoms with Crippen molar-refractivity contribution in [3.05, 3.63) is 0 Å². The molecule has 2 rings (SSSR count). The third-order valence-corrected chi connectivity index (χ3v) is 7.14. The quantitative estimate of drug-likeness (QED) is 0.227. The molecule has 0 aliphatic carbocycles. The second kappa shape index (κ2) is 12.9. The molecule has 6 unspecified atom stereocenters. The Balaban J connectivity index is 1.74. The molecule has 0 aromatic heterocycles. The maximum atomic E-state index is 12.7. The van der Waals surface area contributed by atoms with E-state index in [9.17, 15) is 29.6 Å². The van der Waals surface area contributed by atoms with E-state index in [2.05, 4.69) is 0 Å². The lowest BCUT2D eigenvalue weighted by Crippen LogP contribution is -2.55. The summed E-state index contributed by atoms with van der Waals surface area (Å²) in [6, 6.07) is -0.278. The smallest absolute Gasteiger partial charge is 0.394 e. The maximum absolute atomic E-state index is 12.7. The van der Waals surface area contributed by atoms with Gasteiger partial charge in [0.25, 0.3) is 0 Å². The Labute approximate surface area is 195 Å². The van der Waals surface area contributed by atoms with E-state index in [1.807, 2.05) is 6.92 Å². The molecule has 2 fully saturated rings. The number of amides is 1. The van der Waals surface area contributed by atoms with Crippen LogP contribution in [0.1, 0.15) is 53.4 Å². The van der Waals surface area contributed by atoms with Crippen molar-refractivity contribution < 1.29 is 48.1 Å². The van der Waals surface area contributed by atoms with Gasteiger partial charge in [-0.3, -0.25) is 13.8 Å². The summed E-state index contributed by atoms with van der Waals surface area (Å²) in [5.41, 5.74) is 0. The molecule has 33 heavy (non-hydrogen) atoms. The number of likely N-dealkylation sites (tertiary alicyclic amines) is 1. The van der Waals surface area contributed by atoms with E-state index in [1.165, 1.54) is 0 Å². The first-order valence-electron chi connectivity index (χ1n) is 11.6. The summed E-state index contributed by atoms with van der Waals surface area (Å²) in [5, 5.41) is 29.2. The summed E-state index contributed by atoms with van der Waals surface area (Å²) in [7, 11) is -4.16. The van der Waals surface area contributed by atoms with Crippen LogP contribution in [0.5, 0.6) is 0 Å². The first-order valence-corrected chi connectivity index (χ1v) is 13.1. The zero-order valence-electron chi connectivity index (χ0n) is 19.9. The summed E-state index contributed by atoms with van der Waals surface area (Å²) in [4.78, 5) is 24.2. The number of unbranched alkanes of at least 4 members (excludes halogenated alkanes) is 1. The Morgan fingerprint density at radius 2 is 1.91 bits per heavy atom. The molecule has 2 heterocycles. The number of ether oxygens (including phenoxy) is 2. The fourth-order valence-electron chi connectivity index (χ4n) is 4.22. The molecule has 0 saturated carbocycles. The molecule has 0 aromatic rings. The van der Waals surface area contributed by atoms with Gasteiger partial charge >= 0.3 is 7.82 Å². The number of aliphatic hydroxyl groups is 3. The van der Waals surface area contributed by atoms with Gasteiger partial charge < -0.3 is 34.6 Å². The molecule has 0 radical (unpaired) electrons. The summed E-state index contributed by atoms with van der Waals surface area (Å²) in [6.45, 7) is 7.39. The number of carbonyl (C=O) groups excluding carboxylic acids is 1. The molecule has 11 nitrogen and oxygen atoms in total. The molecular formula is C21H40NO10P. The van der Waals surface area contributed by atoms with Gasteiger partial charge in [-0.15, -0.1) is 0 Å². The standard InChI is InChI=1S/C21H40NO10P/c1-13(2)32-33(27,28)30-12-16-9-14(3)10-22(16)18(24)7-5-6-8-29-21-15(4)19(25)20(26)17(11-23)31-21/h13-17,19-21,23,25-26H,5-12H2,1-4H3,(H,27,28)/t14-,15?,16+,17?,19?,20?,21?/m1/s1. The highest BCUT2D eigenvalue weighted by Crippen LogP contribution is 2.45. The monoisotopic (exact) mass is 497 g/mol. The second-order valence-corrected chi connectivity index (χ2v) is 10.8. The van der Waals surface area contributed by atoms with Crippen molar-refractivity contribution in [1.29, 1.82) is 0 Å². The van der Waals surface area contributed by atoms with Crippen LogP contribution in [0.3, 0.4) is 0 Å². The molecule has 194 valence electrons. The number of rotatable bonds is 12. The topological polar surface area (TPSA) is 155 Å². The van der Waals surface area contributed by atoms with Gasteiger partial charge in [-0.25, -0.2) is 4.57 Å². The highest BCUT2D eigenvalue weighted by Gasteiger charge is 2.42. The normalized spacial score (nSPS) is 34.6.